The van der Waals surface area contributed by atoms with Crippen LogP contribution in [0.1, 0.15) is 97.8 Å². The first-order chi connectivity index (χ1) is 9.69. The molecule has 0 aromatic rings. The molecule has 1 nitrogen and oxygen atoms in total. The Morgan fingerprint density at radius 3 is 2.20 bits per heavy atom. The molecule has 1 saturated carbocycles. The summed E-state index contributed by atoms with van der Waals surface area (Å²) in [6.45, 7) is 7.34. The van der Waals surface area contributed by atoms with Gasteiger partial charge < -0.3 is 5.11 Å². The molecule has 0 aromatic carbocycles. The molecule has 0 radical (unpaired) electrons. The molecule has 0 heterocycles. The maximum Gasteiger partial charge on any atom is 0.0487 e. The second-order valence-corrected chi connectivity index (χ2v) is 7.36. The fraction of sp³-hybridized carbons (Fsp3) is 1.00. The molecule has 1 heteroatoms. The lowest BCUT2D eigenvalue weighted by molar-refractivity contribution is 0.0365. The number of aliphatic hydroxyl groups is 1. The molecule has 0 bridgehead atoms. The van der Waals surface area contributed by atoms with Crippen LogP contribution in [-0.2, 0) is 0 Å². The molecule has 1 aliphatic rings. The molecule has 0 amide bonds. The summed E-state index contributed by atoms with van der Waals surface area (Å²) in [4.78, 5) is 0. The highest BCUT2D eigenvalue weighted by molar-refractivity contribution is 4.87. The van der Waals surface area contributed by atoms with Gasteiger partial charge in [-0.2, -0.15) is 0 Å². The molecule has 0 spiro atoms. The van der Waals surface area contributed by atoms with Crippen LogP contribution in [0, 0.1) is 17.3 Å². The third-order valence-electron chi connectivity index (χ3n) is 5.73. The van der Waals surface area contributed by atoms with E-state index in [1.165, 1.54) is 77.0 Å². The summed E-state index contributed by atoms with van der Waals surface area (Å²) in [5, 5.41) is 9.97. The molecule has 0 saturated heterocycles. The van der Waals surface area contributed by atoms with Gasteiger partial charge in [-0.1, -0.05) is 65.7 Å². The SMILES string of the molecule is CCCCC1CCC(CO)(CC(CC)CCCC)CC1. The van der Waals surface area contributed by atoms with Crippen LogP contribution in [0.3, 0.4) is 0 Å². The third-order valence-corrected chi connectivity index (χ3v) is 5.73. The van der Waals surface area contributed by atoms with Gasteiger partial charge in [0.05, 0.1) is 0 Å². The van der Waals surface area contributed by atoms with E-state index < -0.39 is 0 Å². The lowest BCUT2D eigenvalue weighted by atomic mass is 9.65. The van der Waals surface area contributed by atoms with E-state index in [-0.39, 0.29) is 5.41 Å². The minimum Gasteiger partial charge on any atom is -0.396 e. The van der Waals surface area contributed by atoms with Crippen LogP contribution in [-0.4, -0.2) is 11.7 Å². The first-order valence-corrected chi connectivity index (χ1v) is 9.30. The van der Waals surface area contributed by atoms with Crippen molar-refractivity contribution in [3.05, 3.63) is 0 Å². The van der Waals surface area contributed by atoms with Crippen LogP contribution in [0.25, 0.3) is 0 Å². The Morgan fingerprint density at radius 1 is 1.05 bits per heavy atom. The number of unbranched alkanes of at least 4 members (excludes halogenated alkanes) is 2. The van der Waals surface area contributed by atoms with E-state index in [0.29, 0.717) is 6.61 Å². The van der Waals surface area contributed by atoms with Crippen LogP contribution in [0.4, 0.5) is 0 Å². The van der Waals surface area contributed by atoms with Crippen LogP contribution in [0.2, 0.25) is 0 Å². The Kier molecular flexibility index (Phi) is 8.84. The van der Waals surface area contributed by atoms with Crippen molar-refractivity contribution in [1.82, 2.24) is 0 Å². The van der Waals surface area contributed by atoms with Crippen molar-refractivity contribution >= 4 is 0 Å². The molecule has 1 atom stereocenters. The van der Waals surface area contributed by atoms with E-state index in [9.17, 15) is 5.11 Å². The Balaban J connectivity index is 2.44. The van der Waals surface area contributed by atoms with Crippen molar-refractivity contribution in [2.45, 2.75) is 97.8 Å². The average Bonchev–Trinajstić information content (AvgIpc) is 2.50. The second kappa shape index (κ2) is 9.82. The van der Waals surface area contributed by atoms with Gasteiger partial charge in [-0.25, -0.2) is 0 Å². The maximum atomic E-state index is 9.97. The fourth-order valence-electron chi connectivity index (χ4n) is 4.05. The van der Waals surface area contributed by atoms with E-state index in [2.05, 4.69) is 20.8 Å². The van der Waals surface area contributed by atoms with Crippen molar-refractivity contribution in [1.29, 1.82) is 0 Å². The van der Waals surface area contributed by atoms with Crippen molar-refractivity contribution in [3.63, 3.8) is 0 Å². The van der Waals surface area contributed by atoms with Crippen LogP contribution in [0.5, 0.6) is 0 Å². The molecule has 0 aromatic heterocycles. The molecule has 1 rings (SSSR count). The summed E-state index contributed by atoms with van der Waals surface area (Å²) in [7, 11) is 0. The van der Waals surface area contributed by atoms with Crippen LogP contribution in [0.15, 0.2) is 0 Å². The predicted octanol–water partition coefficient (Wildman–Crippen LogP) is 5.95. The summed E-state index contributed by atoms with van der Waals surface area (Å²) >= 11 is 0. The standard InChI is InChI=1S/C19H38O/c1-4-7-9-17(6-3)15-19(16-20)13-11-18(12-14-19)10-8-5-2/h17-18,20H,4-16H2,1-3H3. The number of hydrogen-bond donors (Lipinski definition) is 1. The smallest absolute Gasteiger partial charge is 0.0487 e. The normalized spacial score (nSPS) is 28.5. The van der Waals surface area contributed by atoms with Crippen LogP contribution >= 0.6 is 0 Å². The lowest BCUT2D eigenvalue weighted by Gasteiger charge is -2.41. The Hall–Kier alpha value is -0.0400. The van der Waals surface area contributed by atoms with E-state index in [4.69, 9.17) is 0 Å². The number of aliphatic hydroxyl groups excluding tert-OH is 1. The van der Waals surface area contributed by atoms with Gasteiger partial charge in [-0.05, 0) is 49.4 Å². The maximum absolute atomic E-state index is 9.97. The summed E-state index contributed by atoms with van der Waals surface area (Å²) in [6.07, 6.45) is 16.0. The quantitative estimate of drug-likeness (QED) is 0.525. The molecule has 20 heavy (non-hydrogen) atoms. The fourth-order valence-corrected chi connectivity index (χ4v) is 4.05. The summed E-state index contributed by atoms with van der Waals surface area (Å²) in [5.74, 6) is 1.79. The van der Waals surface area contributed by atoms with E-state index in [1.807, 2.05) is 0 Å². The zero-order valence-electron chi connectivity index (χ0n) is 14.3. The van der Waals surface area contributed by atoms with Gasteiger partial charge in [0.25, 0.3) is 0 Å². The zero-order valence-corrected chi connectivity index (χ0v) is 14.3. The molecular weight excluding hydrogens is 244 g/mol. The Labute approximate surface area is 127 Å². The topological polar surface area (TPSA) is 20.2 Å². The zero-order chi connectivity index (χ0) is 14.8. The predicted molar refractivity (Wildman–Crippen MR) is 88.9 cm³/mol. The van der Waals surface area contributed by atoms with Gasteiger partial charge in [-0.3, -0.25) is 0 Å². The number of rotatable bonds is 10. The first-order valence-electron chi connectivity index (χ1n) is 9.30. The van der Waals surface area contributed by atoms with Gasteiger partial charge >= 0.3 is 0 Å². The third kappa shape index (κ3) is 5.76. The first kappa shape index (κ1) is 18.0. The molecule has 1 N–H and O–H groups in total. The molecule has 1 fully saturated rings. The van der Waals surface area contributed by atoms with Gasteiger partial charge in [0.1, 0.15) is 0 Å². The van der Waals surface area contributed by atoms with Gasteiger partial charge in [0.2, 0.25) is 0 Å². The molecule has 1 unspecified atom stereocenters. The lowest BCUT2D eigenvalue weighted by Crippen LogP contribution is -2.33. The summed E-state index contributed by atoms with van der Waals surface area (Å²) in [6, 6.07) is 0. The van der Waals surface area contributed by atoms with Crippen molar-refractivity contribution < 1.29 is 5.11 Å². The van der Waals surface area contributed by atoms with Gasteiger partial charge in [-0.15, -0.1) is 0 Å². The van der Waals surface area contributed by atoms with E-state index in [1.54, 1.807) is 0 Å². The minimum absolute atomic E-state index is 0.275. The van der Waals surface area contributed by atoms with Crippen LogP contribution < -0.4 is 0 Å². The number of hydrogen-bond acceptors (Lipinski definition) is 1. The van der Waals surface area contributed by atoms with Gasteiger partial charge in [0, 0.05) is 6.61 Å². The average molecular weight is 283 g/mol. The highest BCUT2D eigenvalue weighted by atomic mass is 16.3. The molecule has 0 aliphatic heterocycles. The monoisotopic (exact) mass is 282 g/mol. The molecular formula is C19H38O. The Bertz CT molecular complexity index is 228. The summed E-state index contributed by atoms with van der Waals surface area (Å²) < 4.78 is 0. The minimum atomic E-state index is 0.275. The van der Waals surface area contributed by atoms with Crippen molar-refractivity contribution in [2.24, 2.45) is 17.3 Å². The largest absolute Gasteiger partial charge is 0.396 e. The summed E-state index contributed by atoms with van der Waals surface area (Å²) in [5.41, 5.74) is 0.275. The van der Waals surface area contributed by atoms with E-state index in [0.717, 1.165) is 11.8 Å². The Morgan fingerprint density at radius 2 is 1.70 bits per heavy atom. The highest BCUT2D eigenvalue weighted by Gasteiger charge is 2.36. The van der Waals surface area contributed by atoms with Crippen molar-refractivity contribution in [3.8, 4) is 0 Å². The van der Waals surface area contributed by atoms with Gasteiger partial charge in [0.15, 0.2) is 0 Å². The second-order valence-electron chi connectivity index (χ2n) is 7.36. The molecule has 120 valence electrons. The van der Waals surface area contributed by atoms with Crippen molar-refractivity contribution in [2.75, 3.05) is 6.61 Å². The highest BCUT2D eigenvalue weighted by Crippen LogP contribution is 2.45. The molecule has 1 aliphatic carbocycles. The van der Waals surface area contributed by atoms with E-state index >= 15 is 0 Å².